The van der Waals surface area contributed by atoms with Gasteiger partial charge >= 0.3 is 6.18 Å². The van der Waals surface area contributed by atoms with Crippen LogP contribution in [-0.4, -0.2) is 25.2 Å². The van der Waals surface area contributed by atoms with Gasteiger partial charge in [-0.2, -0.15) is 13.2 Å². The minimum atomic E-state index is -4.27. The highest BCUT2D eigenvalue weighted by Crippen LogP contribution is 2.41. The van der Waals surface area contributed by atoms with E-state index in [0.717, 1.165) is 6.42 Å². The summed E-state index contributed by atoms with van der Waals surface area (Å²) < 4.78 is 38.6. The Labute approximate surface area is 112 Å². The number of halogens is 3. The van der Waals surface area contributed by atoms with E-state index in [0.29, 0.717) is 32.4 Å². The van der Waals surface area contributed by atoms with Crippen LogP contribution in [-0.2, 0) is 4.79 Å². The van der Waals surface area contributed by atoms with Crippen LogP contribution in [0.15, 0.2) is 0 Å². The zero-order chi connectivity index (χ0) is 14.5. The number of carbonyl (C=O) groups is 1. The van der Waals surface area contributed by atoms with Gasteiger partial charge in [0.1, 0.15) is 0 Å². The van der Waals surface area contributed by atoms with Crippen LogP contribution < -0.4 is 11.1 Å². The number of rotatable bonds is 5. The molecule has 1 aliphatic carbocycles. The van der Waals surface area contributed by atoms with Crippen LogP contribution in [0.1, 0.15) is 39.0 Å². The molecule has 1 amide bonds. The van der Waals surface area contributed by atoms with Crippen LogP contribution in [0.2, 0.25) is 0 Å². The molecule has 112 valence electrons. The molecule has 1 saturated carbocycles. The van der Waals surface area contributed by atoms with Gasteiger partial charge in [0, 0.05) is 12.5 Å². The molecule has 0 heterocycles. The van der Waals surface area contributed by atoms with E-state index in [4.69, 9.17) is 5.73 Å². The lowest BCUT2D eigenvalue weighted by Crippen LogP contribution is -2.43. The van der Waals surface area contributed by atoms with Crippen molar-refractivity contribution in [2.24, 2.45) is 23.5 Å². The molecule has 0 aromatic heterocycles. The first-order valence-corrected chi connectivity index (χ1v) is 6.90. The van der Waals surface area contributed by atoms with Gasteiger partial charge in [-0.15, -0.1) is 0 Å². The standard InChI is InChI=1S/C13H23F3N2O/c1-9(6-7-17)8-18-12(19)10-4-2-3-5-11(10)13(14,15)16/h9-11H,2-8,17H2,1H3,(H,18,19). The molecule has 0 saturated heterocycles. The molecular formula is C13H23F3N2O. The summed E-state index contributed by atoms with van der Waals surface area (Å²) >= 11 is 0. The average Bonchev–Trinajstić information content (AvgIpc) is 2.35. The third kappa shape index (κ3) is 5.01. The molecule has 1 fully saturated rings. The Kier molecular flexibility index (Phi) is 6.10. The zero-order valence-electron chi connectivity index (χ0n) is 11.3. The topological polar surface area (TPSA) is 55.1 Å². The van der Waals surface area contributed by atoms with Gasteiger partial charge in [0.2, 0.25) is 5.91 Å². The smallest absolute Gasteiger partial charge is 0.356 e. The lowest BCUT2D eigenvalue weighted by atomic mass is 9.78. The predicted molar refractivity (Wildman–Crippen MR) is 67.3 cm³/mol. The Balaban J connectivity index is 2.53. The fraction of sp³-hybridized carbons (Fsp3) is 0.923. The zero-order valence-corrected chi connectivity index (χ0v) is 11.3. The van der Waals surface area contributed by atoms with Crippen molar-refractivity contribution < 1.29 is 18.0 Å². The number of amides is 1. The van der Waals surface area contributed by atoms with Crippen molar-refractivity contribution in [3.8, 4) is 0 Å². The fourth-order valence-corrected chi connectivity index (χ4v) is 2.63. The van der Waals surface area contributed by atoms with Crippen molar-refractivity contribution in [2.75, 3.05) is 13.1 Å². The number of alkyl halides is 3. The number of carbonyl (C=O) groups excluding carboxylic acids is 1. The summed E-state index contributed by atoms with van der Waals surface area (Å²) in [6.07, 6.45) is -1.86. The molecule has 1 rings (SSSR count). The summed E-state index contributed by atoms with van der Waals surface area (Å²) in [6, 6.07) is 0. The molecule has 0 spiro atoms. The number of nitrogens with one attached hydrogen (secondary N) is 1. The molecule has 0 aliphatic heterocycles. The molecule has 3 unspecified atom stereocenters. The lowest BCUT2D eigenvalue weighted by molar-refractivity contribution is -0.198. The van der Waals surface area contributed by atoms with Crippen LogP contribution in [0.3, 0.4) is 0 Å². The van der Waals surface area contributed by atoms with Crippen molar-refractivity contribution in [1.82, 2.24) is 5.32 Å². The first-order valence-electron chi connectivity index (χ1n) is 6.90. The average molecular weight is 280 g/mol. The number of hydrogen-bond donors (Lipinski definition) is 2. The van der Waals surface area contributed by atoms with E-state index in [2.05, 4.69) is 5.32 Å². The largest absolute Gasteiger partial charge is 0.392 e. The summed E-state index contributed by atoms with van der Waals surface area (Å²) in [5, 5.41) is 2.64. The van der Waals surface area contributed by atoms with E-state index >= 15 is 0 Å². The van der Waals surface area contributed by atoms with E-state index in [1.807, 2.05) is 6.92 Å². The molecule has 3 nitrogen and oxygen atoms in total. The third-order valence-corrected chi connectivity index (χ3v) is 3.81. The van der Waals surface area contributed by atoms with Crippen molar-refractivity contribution in [3.05, 3.63) is 0 Å². The molecule has 19 heavy (non-hydrogen) atoms. The van der Waals surface area contributed by atoms with Crippen LogP contribution in [0.25, 0.3) is 0 Å². The van der Waals surface area contributed by atoms with Crippen molar-refractivity contribution >= 4 is 5.91 Å². The van der Waals surface area contributed by atoms with E-state index in [1.54, 1.807) is 0 Å². The van der Waals surface area contributed by atoms with Crippen LogP contribution in [0.5, 0.6) is 0 Å². The summed E-state index contributed by atoms with van der Waals surface area (Å²) in [5.41, 5.74) is 5.40. The Morgan fingerprint density at radius 2 is 2.00 bits per heavy atom. The molecular weight excluding hydrogens is 257 g/mol. The first-order chi connectivity index (χ1) is 8.86. The summed E-state index contributed by atoms with van der Waals surface area (Å²) in [7, 11) is 0. The molecule has 1 aliphatic rings. The second-order valence-corrected chi connectivity index (χ2v) is 5.47. The summed E-state index contributed by atoms with van der Waals surface area (Å²) in [5.74, 6) is -2.65. The molecule has 0 aromatic rings. The monoisotopic (exact) mass is 280 g/mol. The summed E-state index contributed by atoms with van der Waals surface area (Å²) in [4.78, 5) is 11.9. The lowest BCUT2D eigenvalue weighted by Gasteiger charge is -2.32. The molecule has 6 heteroatoms. The number of nitrogens with two attached hydrogens (primary N) is 1. The third-order valence-electron chi connectivity index (χ3n) is 3.81. The Morgan fingerprint density at radius 1 is 1.37 bits per heavy atom. The summed E-state index contributed by atoms with van der Waals surface area (Å²) in [6.45, 7) is 2.85. The quantitative estimate of drug-likeness (QED) is 0.812. The predicted octanol–water partition coefficient (Wildman–Crippen LogP) is 2.46. The van der Waals surface area contributed by atoms with E-state index in [9.17, 15) is 18.0 Å². The van der Waals surface area contributed by atoms with E-state index < -0.39 is 23.9 Å². The highest BCUT2D eigenvalue weighted by molar-refractivity contribution is 5.79. The Hall–Kier alpha value is -0.780. The second-order valence-electron chi connectivity index (χ2n) is 5.47. The van der Waals surface area contributed by atoms with Gasteiger partial charge in [0.15, 0.2) is 0 Å². The van der Waals surface area contributed by atoms with Gasteiger partial charge in [-0.05, 0) is 31.7 Å². The highest BCUT2D eigenvalue weighted by Gasteiger charge is 2.47. The molecule has 0 radical (unpaired) electrons. The van der Waals surface area contributed by atoms with Gasteiger partial charge in [0.25, 0.3) is 0 Å². The first kappa shape index (κ1) is 16.3. The molecule has 0 bridgehead atoms. The van der Waals surface area contributed by atoms with Crippen molar-refractivity contribution in [2.45, 2.75) is 45.2 Å². The Morgan fingerprint density at radius 3 is 2.58 bits per heavy atom. The van der Waals surface area contributed by atoms with E-state index in [-0.39, 0.29) is 12.3 Å². The van der Waals surface area contributed by atoms with Crippen molar-refractivity contribution in [1.29, 1.82) is 0 Å². The van der Waals surface area contributed by atoms with Gasteiger partial charge in [0.05, 0.1) is 5.92 Å². The maximum atomic E-state index is 12.9. The SMILES string of the molecule is CC(CCN)CNC(=O)C1CCCCC1C(F)(F)F. The Bertz CT molecular complexity index is 294. The van der Waals surface area contributed by atoms with Crippen LogP contribution in [0.4, 0.5) is 13.2 Å². The highest BCUT2D eigenvalue weighted by atomic mass is 19.4. The van der Waals surface area contributed by atoms with Gasteiger partial charge < -0.3 is 11.1 Å². The second kappa shape index (κ2) is 7.12. The van der Waals surface area contributed by atoms with E-state index in [1.165, 1.54) is 0 Å². The van der Waals surface area contributed by atoms with Gasteiger partial charge in [-0.3, -0.25) is 4.79 Å². The minimum absolute atomic E-state index is 0.0694. The van der Waals surface area contributed by atoms with Crippen LogP contribution >= 0.6 is 0 Å². The molecule has 0 aromatic carbocycles. The molecule has 3 N–H and O–H groups in total. The van der Waals surface area contributed by atoms with Crippen LogP contribution in [0, 0.1) is 17.8 Å². The normalized spacial score (nSPS) is 25.9. The molecule has 3 atom stereocenters. The van der Waals surface area contributed by atoms with Gasteiger partial charge in [-0.25, -0.2) is 0 Å². The maximum Gasteiger partial charge on any atom is 0.392 e. The fourth-order valence-electron chi connectivity index (χ4n) is 2.63. The number of hydrogen-bond acceptors (Lipinski definition) is 2. The minimum Gasteiger partial charge on any atom is -0.356 e. The maximum absolute atomic E-state index is 12.9. The van der Waals surface area contributed by atoms with Crippen molar-refractivity contribution in [3.63, 3.8) is 0 Å². The van der Waals surface area contributed by atoms with Gasteiger partial charge in [-0.1, -0.05) is 19.8 Å².